The number of halogens is 1. The fourth-order valence-electron chi connectivity index (χ4n) is 1.70. The number of rotatable bonds is 6. The van der Waals surface area contributed by atoms with E-state index >= 15 is 0 Å². The molecule has 0 unspecified atom stereocenters. The molecule has 0 radical (unpaired) electrons. The fourth-order valence-corrected chi connectivity index (χ4v) is 1.94. The van der Waals surface area contributed by atoms with Crippen LogP contribution in [0.2, 0.25) is 5.02 Å². The number of carbonyl (C=O) groups is 1. The van der Waals surface area contributed by atoms with Gasteiger partial charge in [0.1, 0.15) is 0 Å². The summed E-state index contributed by atoms with van der Waals surface area (Å²) in [6, 6.07) is 4.83. The summed E-state index contributed by atoms with van der Waals surface area (Å²) in [6.07, 6.45) is 2.06. The summed E-state index contributed by atoms with van der Waals surface area (Å²) in [5.74, 6) is -0.0998. The predicted octanol–water partition coefficient (Wildman–Crippen LogP) is 1.62. The zero-order valence-electron chi connectivity index (χ0n) is 10.2. The zero-order valence-corrected chi connectivity index (χ0v) is 10.9. The number of nitrogens with zero attached hydrogens (tertiary/aromatic N) is 1. The molecule has 1 fully saturated rings. The lowest BCUT2D eigenvalue weighted by atomic mass is 10.2. The molecule has 0 aromatic heterocycles. The highest BCUT2D eigenvalue weighted by Crippen LogP contribution is 2.25. The molecule has 1 saturated carbocycles. The van der Waals surface area contributed by atoms with Crippen LogP contribution in [0.3, 0.4) is 0 Å². The predicted molar refractivity (Wildman–Crippen MR) is 71.0 cm³/mol. The molecule has 1 aliphatic rings. The van der Waals surface area contributed by atoms with E-state index in [-0.39, 0.29) is 24.7 Å². The van der Waals surface area contributed by atoms with E-state index in [1.165, 1.54) is 12.1 Å². The van der Waals surface area contributed by atoms with Crippen LogP contribution in [0.15, 0.2) is 18.2 Å². The maximum Gasteiger partial charge on any atom is 0.275 e. The fraction of sp³-hybridized carbons (Fsp3) is 0.417. The van der Waals surface area contributed by atoms with Crippen LogP contribution in [0, 0.1) is 10.1 Å². The summed E-state index contributed by atoms with van der Waals surface area (Å²) in [4.78, 5) is 21.8. The maximum absolute atomic E-state index is 11.4. The molecule has 102 valence electrons. The van der Waals surface area contributed by atoms with Gasteiger partial charge >= 0.3 is 0 Å². The first-order valence-corrected chi connectivity index (χ1v) is 6.37. The van der Waals surface area contributed by atoms with Gasteiger partial charge in [-0.1, -0.05) is 17.7 Å². The third-order valence-corrected chi connectivity index (χ3v) is 3.17. The molecule has 1 aromatic carbocycles. The minimum Gasteiger partial charge on any atom is -0.352 e. The molecule has 1 aliphatic carbocycles. The van der Waals surface area contributed by atoms with E-state index in [1.807, 2.05) is 0 Å². The minimum atomic E-state index is -0.479. The highest BCUT2D eigenvalue weighted by atomic mass is 35.5. The monoisotopic (exact) mass is 283 g/mol. The standard InChI is InChI=1S/C12H14ClN3O3/c13-10-2-1-3-11(16(18)19)9(10)6-14-7-12(17)15-8-4-5-8/h1-3,8,14H,4-7H2,(H,15,17). The average Bonchev–Trinajstić information content (AvgIpc) is 3.14. The highest BCUT2D eigenvalue weighted by molar-refractivity contribution is 6.31. The smallest absolute Gasteiger partial charge is 0.275 e. The summed E-state index contributed by atoms with van der Waals surface area (Å²) in [5.41, 5.74) is 0.357. The number of benzene rings is 1. The van der Waals surface area contributed by atoms with Gasteiger partial charge in [-0.2, -0.15) is 0 Å². The molecule has 1 aromatic rings. The van der Waals surface area contributed by atoms with E-state index in [2.05, 4.69) is 10.6 Å². The van der Waals surface area contributed by atoms with E-state index in [9.17, 15) is 14.9 Å². The molecular weight excluding hydrogens is 270 g/mol. The van der Waals surface area contributed by atoms with E-state index in [1.54, 1.807) is 6.07 Å². The largest absolute Gasteiger partial charge is 0.352 e. The van der Waals surface area contributed by atoms with Gasteiger partial charge in [0.05, 0.1) is 22.1 Å². The van der Waals surface area contributed by atoms with Gasteiger partial charge in [-0.05, 0) is 18.9 Å². The van der Waals surface area contributed by atoms with Gasteiger partial charge in [0.2, 0.25) is 5.91 Å². The second-order valence-corrected chi connectivity index (χ2v) is 4.85. The number of hydrogen-bond acceptors (Lipinski definition) is 4. The number of amides is 1. The Bertz CT molecular complexity index is 503. The van der Waals surface area contributed by atoms with Crippen LogP contribution in [0.25, 0.3) is 0 Å². The quantitative estimate of drug-likeness (QED) is 0.614. The van der Waals surface area contributed by atoms with E-state index in [0.717, 1.165) is 12.8 Å². The van der Waals surface area contributed by atoms with Gasteiger partial charge < -0.3 is 10.6 Å². The molecule has 0 aliphatic heterocycles. The van der Waals surface area contributed by atoms with Gasteiger partial charge in [0.15, 0.2) is 0 Å². The summed E-state index contributed by atoms with van der Waals surface area (Å²) in [5, 5.41) is 16.9. The Hall–Kier alpha value is -1.66. The molecular formula is C12H14ClN3O3. The van der Waals surface area contributed by atoms with Crippen molar-refractivity contribution >= 4 is 23.2 Å². The van der Waals surface area contributed by atoms with Crippen molar-refractivity contribution in [2.45, 2.75) is 25.4 Å². The minimum absolute atomic E-state index is 0.0393. The van der Waals surface area contributed by atoms with Crippen LogP contribution in [-0.4, -0.2) is 23.4 Å². The number of nitro benzene ring substituents is 1. The van der Waals surface area contributed by atoms with Crippen LogP contribution < -0.4 is 10.6 Å². The Balaban J connectivity index is 1.91. The van der Waals surface area contributed by atoms with Gasteiger partial charge in [-0.15, -0.1) is 0 Å². The van der Waals surface area contributed by atoms with Crippen LogP contribution >= 0.6 is 11.6 Å². The van der Waals surface area contributed by atoms with Gasteiger partial charge in [-0.3, -0.25) is 14.9 Å². The number of nitro groups is 1. The van der Waals surface area contributed by atoms with Crippen LogP contribution in [0.4, 0.5) is 5.69 Å². The van der Waals surface area contributed by atoms with Crippen molar-refractivity contribution in [2.24, 2.45) is 0 Å². The molecule has 1 amide bonds. The lowest BCUT2D eigenvalue weighted by molar-refractivity contribution is -0.385. The van der Waals surface area contributed by atoms with Crippen LogP contribution in [-0.2, 0) is 11.3 Å². The summed E-state index contributed by atoms with van der Waals surface area (Å²) in [6.45, 7) is 0.312. The lowest BCUT2D eigenvalue weighted by Crippen LogP contribution is -2.34. The Kier molecular flexibility index (Phi) is 4.34. The van der Waals surface area contributed by atoms with Crippen molar-refractivity contribution in [3.05, 3.63) is 38.9 Å². The molecule has 0 atom stereocenters. The maximum atomic E-state index is 11.4. The molecule has 19 heavy (non-hydrogen) atoms. The van der Waals surface area contributed by atoms with E-state index < -0.39 is 4.92 Å². The molecule has 0 heterocycles. The lowest BCUT2D eigenvalue weighted by Gasteiger charge is -2.07. The molecule has 6 nitrogen and oxygen atoms in total. The SMILES string of the molecule is O=C(CNCc1c(Cl)cccc1[N+](=O)[O-])NC1CC1. The van der Waals surface area contributed by atoms with Crippen molar-refractivity contribution in [3.63, 3.8) is 0 Å². The Labute approximate surface area is 115 Å². The first kappa shape index (κ1) is 13.8. The summed E-state index contributed by atoms with van der Waals surface area (Å²) in [7, 11) is 0. The summed E-state index contributed by atoms with van der Waals surface area (Å²) < 4.78 is 0. The highest BCUT2D eigenvalue weighted by Gasteiger charge is 2.23. The summed E-state index contributed by atoms with van der Waals surface area (Å²) >= 11 is 5.94. The Morgan fingerprint density at radius 3 is 2.84 bits per heavy atom. The second kappa shape index (κ2) is 5.99. The van der Waals surface area contributed by atoms with Crippen molar-refractivity contribution in [2.75, 3.05) is 6.54 Å². The van der Waals surface area contributed by atoms with Crippen LogP contribution in [0.5, 0.6) is 0 Å². The molecule has 0 bridgehead atoms. The third kappa shape index (κ3) is 3.90. The van der Waals surface area contributed by atoms with Crippen molar-refractivity contribution in [3.8, 4) is 0 Å². The Morgan fingerprint density at radius 2 is 2.21 bits per heavy atom. The third-order valence-electron chi connectivity index (χ3n) is 2.82. The second-order valence-electron chi connectivity index (χ2n) is 4.44. The topological polar surface area (TPSA) is 84.3 Å². The average molecular weight is 284 g/mol. The first-order valence-electron chi connectivity index (χ1n) is 6.00. The van der Waals surface area contributed by atoms with E-state index in [0.29, 0.717) is 16.6 Å². The van der Waals surface area contributed by atoms with Gasteiger partial charge in [-0.25, -0.2) is 0 Å². The molecule has 2 rings (SSSR count). The zero-order chi connectivity index (χ0) is 13.8. The van der Waals surface area contributed by atoms with Crippen LogP contribution in [0.1, 0.15) is 18.4 Å². The van der Waals surface area contributed by atoms with Gasteiger partial charge in [0.25, 0.3) is 5.69 Å². The van der Waals surface area contributed by atoms with Crippen molar-refractivity contribution < 1.29 is 9.72 Å². The number of hydrogen-bond donors (Lipinski definition) is 2. The molecule has 0 saturated heterocycles. The van der Waals surface area contributed by atoms with Crippen molar-refractivity contribution in [1.29, 1.82) is 0 Å². The number of nitrogens with one attached hydrogen (secondary N) is 2. The molecule has 7 heteroatoms. The first-order chi connectivity index (χ1) is 9.08. The van der Waals surface area contributed by atoms with Gasteiger partial charge in [0, 0.05) is 18.7 Å². The Morgan fingerprint density at radius 1 is 1.47 bits per heavy atom. The van der Waals surface area contributed by atoms with E-state index in [4.69, 9.17) is 11.6 Å². The van der Waals surface area contributed by atoms with Crippen molar-refractivity contribution in [1.82, 2.24) is 10.6 Å². The normalized spacial score (nSPS) is 14.2. The molecule has 0 spiro atoms. The molecule has 2 N–H and O–H groups in total. The number of carbonyl (C=O) groups excluding carboxylic acids is 1.